The lowest BCUT2D eigenvalue weighted by Crippen LogP contribution is -2.30. The number of halogens is 3. The molecule has 2 fully saturated rings. The maximum absolute atomic E-state index is 15.0. The van der Waals surface area contributed by atoms with Crippen LogP contribution in [0.1, 0.15) is 82.6 Å². The van der Waals surface area contributed by atoms with Crippen molar-refractivity contribution in [3.05, 3.63) is 53.8 Å². The molecule has 4 atom stereocenters. The average Bonchev–Trinajstić information content (AvgIpc) is 2.79. The second-order valence-corrected chi connectivity index (χ2v) is 9.85. The highest BCUT2D eigenvalue weighted by atomic mass is 19.3. The molecule has 0 saturated heterocycles. The standard InChI is InChI=1S/C28H35F3O/c1-2-3-4-5-19-6-7-22-17-23(9-8-21(22)16-19)24-12-15-26(27(29)18-24)20-10-13-25(14-11-20)32-28(30)31/h10-15,18-19,21-23,28H,2-9,16-17H2,1H3. The number of ether oxygens (including phenoxy) is 1. The summed E-state index contributed by atoms with van der Waals surface area (Å²) in [5.41, 5.74) is 2.27. The lowest BCUT2D eigenvalue weighted by Gasteiger charge is -2.42. The van der Waals surface area contributed by atoms with E-state index in [0.29, 0.717) is 17.0 Å². The van der Waals surface area contributed by atoms with Gasteiger partial charge in [-0.25, -0.2) is 4.39 Å². The van der Waals surface area contributed by atoms with Crippen LogP contribution < -0.4 is 4.74 Å². The largest absolute Gasteiger partial charge is 0.435 e. The monoisotopic (exact) mass is 444 g/mol. The molecule has 0 amide bonds. The van der Waals surface area contributed by atoms with E-state index in [0.717, 1.165) is 29.7 Å². The molecule has 0 heterocycles. The molecule has 0 radical (unpaired) electrons. The zero-order valence-corrected chi connectivity index (χ0v) is 19.0. The highest BCUT2D eigenvalue weighted by Crippen LogP contribution is 2.48. The first-order valence-corrected chi connectivity index (χ1v) is 12.4. The molecule has 4 unspecified atom stereocenters. The zero-order chi connectivity index (χ0) is 22.5. The van der Waals surface area contributed by atoms with Crippen LogP contribution in [0.2, 0.25) is 0 Å². The van der Waals surface area contributed by atoms with Crippen LogP contribution in [0.4, 0.5) is 13.2 Å². The summed E-state index contributed by atoms with van der Waals surface area (Å²) < 4.78 is 44.0. The molecular weight excluding hydrogens is 409 g/mol. The molecule has 32 heavy (non-hydrogen) atoms. The number of unbranched alkanes of at least 4 members (excludes halogenated alkanes) is 2. The van der Waals surface area contributed by atoms with Crippen molar-refractivity contribution < 1.29 is 17.9 Å². The van der Waals surface area contributed by atoms with Crippen LogP contribution in [0.25, 0.3) is 11.1 Å². The molecule has 174 valence electrons. The third-order valence-electron chi connectivity index (χ3n) is 7.79. The van der Waals surface area contributed by atoms with Crippen molar-refractivity contribution in [3.8, 4) is 16.9 Å². The third-order valence-corrected chi connectivity index (χ3v) is 7.79. The lowest BCUT2D eigenvalue weighted by atomic mass is 9.63. The van der Waals surface area contributed by atoms with E-state index in [-0.39, 0.29) is 11.6 Å². The topological polar surface area (TPSA) is 9.23 Å². The SMILES string of the molecule is CCCCCC1CCC2CC(c3ccc(-c4ccc(OC(F)F)cc4)c(F)c3)CCC2C1. The molecule has 0 spiro atoms. The average molecular weight is 445 g/mol. The van der Waals surface area contributed by atoms with E-state index < -0.39 is 6.61 Å². The predicted octanol–water partition coefficient (Wildman–Crippen LogP) is 8.97. The van der Waals surface area contributed by atoms with Crippen LogP contribution in [-0.4, -0.2) is 6.61 Å². The molecule has 0 aromatic heterocycles. The Labute approximate surface area is 190 Å². The minimum atomic E-state index is -2.86. The number of hydrogen-bond donors (Lipinski definition) is 0. The highest BCUT2D eigenvalue weighted by Gasteiger charge is 2.35. The van der Waals surface area contributed by atoms with Crippen molar-refractivity contribution in [3.63, 3.8) is 0 Å². The van der Waals surface area contributed by atoms with Crippen molar-refractivity contribution in [2.24, 2.45) is 17.8 Å². The molecular formula is C28H35F3O. The molecule has 2 aromatic rings. The van der Waals surface area contributed by atoms with E-state index >= 15 is 0 Å². The Morgan fingerprint density at radius 2 is 1.66 bits per heavy atom. The van der Waals surface area contributed by atoms with Crippen LogP contribution in [0.5, 0.6) is 5.75 Å². The molecule has 4 heteroatoms. The van der Waals surface area contributed by atoms with Gasteiger partial charge in [0.15, 0.2) is 0 Å². The third kappa shape index (κ3) is 5.68. The Bertz CT molecular complexity index is 863. The van der Waals surface area contributed by atoms with Gasteiger partial charge in [-0.3, -0.25) is 0 Å². The van der Waals surface area contributed by atoms with E-state index in [4.69, 9.17) is 0 Å². The van der Waals surface area contributed by atoms with Crippen LogP contribution in [0.15, 0.2) is 42.5 Å². The van der Waals surface area contributed by atoms with Gasteiger partial charge in [-0.15, -0.1) is 0 Å². The number of rotatable bonds is 8. The maximum Gasteiger partial charge on any atom is 0.387 e. The Morgan fingerprint density at radius 3 is 2.38 bits per heavy atom. The first-order valence-electron chi connectivity index (χ1n) is 12.4. The van der Waals surface area contributed by atoms with Gasteiger partial charge in [0.25, 0.3) is 0 Å². The van der Waals surface area contributed by atoms with Gasteiger partial charge < -0.3 is 4.74 Å². The predicted molar refractivity (Wildman–Crippen MR) is 124 cm³/mol. The molecule has 2 aliphatic rings. The molecule has 0 aliphatic heterocycles. The first-order chi connectivity index (χ1) is 15.5. The van der Waals surface area contributed by atoms with Crippen LogP contribution in [-0.2, 0) is 0 Å². The Balaban J connectivity index is 1.37. The molecule has 0 bridgehead atoms. The zero-order valence-electron chi connectivity index (χ0n) is 19.0. The molecule has 2 saturated carbocycles. The fourth-order valence-corrected chi connectivity index (χ4v) is 6.07. The van der Waals surface area contributed by atoms with Crippen molar-refractivity contribution in [2.75, 3.05) is 0 Å². The molecule has 4 rings (SSSR count). The van der Waals surface area contributed by atoms with Gasteiger partial charge in [0, 0.05) is 5.56 Å². The van der Waals surface area contributed by atoms with E-state index in [1.807, 2.05) is 6.07 Å². The Morgan fingerprint density at radius 1 is 0.906 bits per heavy atom. The van der Waals surface area contributed by atoms with Gasteiger partial charge in [0.05, 0.1) is 0 Å². The summed E-state index contributed by atoms with van der Waals surface area (Å²) in [5.74, 6) is 2.86. The van der Waals surface area contributed by atoms with E-state index in [1.54, 1.807) is 18.2 Å². The van der Waals surface area contributed by atoms with Crippen molar-refractivity contribution in [2.45, 2.75) is 83.7 Å². The second-order valence-electron chi connectivity index (χ2n) is 9.85. The number of benzene rings is 2. The van der Waals surface area contributed by atoms with Crippen LogP contribution in [0.3, 0.4) is 0 Å². The normalized spacial score (nSPS) is 25.5. The minimum Gasteiger partial charge on any atom is -0.435 e. The van der Waals surface area contributed by atoms with E-state index in [2.05, 4.69) is 17.7 Å². The second kappa shape index (κ2) is 10.8. The van der Waals surface area contributed by atoms with Gasteiger partial charge >= 0.3 is 6.61 Å². The molecule has 0 N–H and O–H groups in total. The fraction of sp³-hybridized carbons (Fsp3) is 0.571. The summed E-state index contributed by atoms with van der Waals surface area (Å²) >= 11 is 0. The van der Waals surface area contributed by atoms with Crippen molar-refractivity contribution in [1.82, 2.24) is 0 Å². The molecule has 2 aromatic carbocycles. The Kier molecular flexibility index (Phi) is 7.80. The van der Waals surface area contributed by atoms with Gasteiger partial charge in [-0.2, -0.15) is 8.78 Å². The number of fused-ring (bicyclic) bond motifs is 1. The van der Waals surface area contributed by atoms with Gasteiger partial charge in [0.2, 0.25) is 0 Å². The first kappa shape index (κ1) is 23.2. The summed E-state index contributed by atoms with van der Waals surface area (Å²) in [6.07, 6.45) is 13.2. The fourth-order valence-electron chi connectivity index (χ4n) is 6.07. The van der Waals surface area contributed by atoms with E-state index in [9.17, 15) is 13.2 Å². The van der Waals surface area contributed by atoms with Crippen molar-refractivity contribution in [1.29, 1.82) is 0 Å². The number of alkyl halides is 2. The highest BCUT2D eigenvalue weighted by molar-refractivity contribution is 5.65. The smallest absolute Gasteiger partial charge is 0.387 e. The number of hydrogen-bond acceptors (Lipinski definition) is 1. The summed E-state index contributed by atoms with van der Waals surface area (Å²) in [4.78, 5) is 0. The molecule has 2 aliphatic carbocycles. The quantitative estimate of drug-likeness (QED) is 0.369. The van der Waals surface area contributed by atoms with Gasteiger partial charge in [-0.05, 0) is 85.1 Å². The van der Waals surface area contributed by atoms with Crippen LogP contribution >= 0.6 is 0 Å². The minimum absolute atomic E-state index is 0.0811. The summed E-state index contributed by atoms with van der Waals surface area (Å²) in [6, 6.07) is 11.7. The maximum atomic E-state index is 15.0. The summed E-state index contributed by atoms with van der Waals surface area (Å²) in [5, 5.41) is 0. The van der Waals surface area contributed by atoms with Crippen molar-refractivity contribution >= 4 is 0 Å². The van der Waals surface area contributed by atoms with Gasteiger partial charge in [-0.1, -0.05) is 63.3 Å². The Hall–Kier alpha value is -1.97. The summed E-state index contributed by atoms with van der Waals surface area (Å²) in [6.45, 7) is -0.585. The van der Waals surface area contributed by atoms with Gasteiger partial charge in [0.1, 0.15) is 11.6 Å². The molecule has 1 nitrogen and oxygen atoms in total. The lowest BCUT2D eigenvalue weighted by molar-refractivity contribution is -0.0498. The van der Waals surface area contributed by atoms with E-state index in [1.165, 1.54) is 69.9 Å². The summed E-state index contributed by atoms with van der Waals surface area (Å²) in [7, 11) is 0. The van der Waals surface area contributed by atoms with Crippen LogP contribution in [0, 0.1) is 23.6 Å².